The van der Waals surface area contributed by atoms with Crippen LogP contribution in [0.4, 0.5) is 11.5 Å². The van der Waals surface area contributed by atoms with Crippen LogP contribution in [0.1, 0.15) is 29.6 Å². The largest absolute Gasteiger partial charge is 0.421 e. The first kappa shape index (κ1) is 22.7. The number of hydrogen-bond acceptors (Lipinski definition) is 6. The molecular weight excluding hydrogens is 564 g/mol. The highest BCUT2D eigenvalue weighted by molar-refractivity contribution is 9.11. The Morgan fingerprint density at radius 3 is 2.56 bits per heavy atom. The molecule has 0 spiro atoms. The van der Waals surface area contributed by atoms with Gasteiger partial charge in [-0.3, -0.25) is 4.79 Å². The number of fused-ring (bicyclic) bond motifs is 1. The van der Waals surface area contributed by atoms with Crippen molar-refractivity contribution < 1.29 is 9.21 Å². The Labute approximate surface area is 212 Å². The Hall–Kier alpha value is -3.04. The van der Waals surface area contributed by atoms with Gasteiger partial charge >= 0.3 is 5.63 Å². The number of anilines is 2. The maximum Gasteiger partial charge on any atom is 0.349 e. The summed E-state index contributed by atoms with van der Waals surface area (Å²) >= 11 is 6.79. The first-order valence-electron chi connectivity index (χ1n) is 10.9. The molecule has 2 aromatic carbocycles. The monoisotopic (exact) mass is 582 g/mol. The standard InChI is InChI=1S/C25H20Br2N4O3/c26-17-11-16-13-19(25(33)34-23(16)20(27)14-17)24(32)28-18-6-4-5-15(12-18)21-7-8-22(30-29-21)31-9-2-1-3-10-31/h4-8,11-14H,1-3,9-10H2,(H,28,32). The number of hydrogen-bond donors (Lipinski definition) is 1. The van der Waals surface area contributed by atoms with Crippen LogP contribution in [-0.4, -0.2) is 29.2 Å². The van der Waals surface area contributed by atoms with E-state index in [1.54, 1.807) is 24.3 Å². The summed E-state index contributed by atoms with van der Waals surface area (Å²) in [5.74, 6) is 0.338. The molecule has 0 unspecified atom stereocenters. The van der Waals surface area contributed by atoms with Crippen LogP contribution in [0.15, 0.2) is 72.8 Å². The van der Waals surface area contributed by atoms with Gasteiger partial charge < -0.3 is 14.6 Å². The smallest absolute Gasteiger partial charge is 0.349 e. The second-order valence-corrected chi connectivity index (χ2v) is 9.88. The van der Waals surface area contributed by atoms with E-state index >= 15 is 0 Å². The third-order valence-electron chi connectivity index (χ3n) is 5.74. The quantitative estimate of drug-likeness (QED) is 0.296. The lowest BCUT2D eigenvalue weighted by molar-refractivity contribution is 0.102. The van der Waals surface area contributed by atoms with Gasteiger partial charge in [0.25, 0.3) is 5.91 Å². The van der Waals surface area contributed by atoms with Gasteiger partial charge in [-0.2, -0.15) is 0 Å². The molecule has 4 aromatic rings. The SMILES string of the molecule is O=C(Nc1cccc(-c2ccc(N3CCCCC3)nn2)c1)c1cc2cc(Br)cc(Br)c2oc1=O. The number of nitrogens with one attached hydrogen (secondary N) is 1. The van der Waals surface area contributed by atoms with E-state index < -0.39 is 11.5 Å². The molecule has 7 nitrogen and oxygen atoms in total. The fraction of sp³-hybridized carbons (Fsp3) is 0.200. The lowest BCUT2D eigenvalue weighted by atomic mass is 10.1. The zero-order chi connectivity index (χ0) is 23.7. The fourth-order valence-corrected chi connectivity index (χ4v) is 5.38. The van der Waals surface area contributed by atoms with Gasteiger partial charge in [-0.15, -0.1) is 10.2 Å². The van der Waals surface area contributed by atoms with Crippen molar-refractivity contribution >= 4 is 60.2 Å². The van der Waals surface area contributed by atoms with E-state index in [-0.39, 0.29) is 5.56 Å². The van der Waals surface area contributed by atoms with Gasteiger partial charge in [-0.25, -0.2) is 4.79 Å². The minimum absolute atomic E-state index is 0.0754. The van der Waals surface area contributed by atoms with Crippen LogP contribution in [0, 0.1) is 0 Å². The summed E-state index contributed by atoms with van der Waals surface area (Å²) in [7, 11) is 0. The number of carbonyl (C=O) groups excluding carboxylic acids is 1. The highest BCUT2D eigenvalue weighted by Gasteiger charge is 2.17. The number of amides is 1. The minimum Gasteiger partial charge on any atom is -0.421 e. The Morgan fingerprint density at radius 2 is 1.79 bits per heavy atom. The van der Waals surface area contributed by atoms with E-state index in [0.29, 0.717) is 26.8 Å². The van der Waals surface area contributed by atoms with E-state index in [1.165, 1.54) is 25.3 Å². The van der Waals surface area contributed by atoms with E-state index in [9.17, 15) is 9.59 Å². The predicted molar refractivity (Wildman–Crippen MR) is 139 cm³/mol. The third kappa shape index (κ3) is 4.76. The average Bonchev–Trinajstić information content (AvgIpc) is 2.85. The van der Waals surface area contributed by atoms with E-state index in [1.807, 2.05) is 24.3 Å². The van der Waals surface area contributed by atoms with Crippen molar-refractivity contribution in [2.45, 2.75) is 19.3 Å². The number of aromatic nitrogens is 2. The van der Waals surface area contributed by atoms with E-state index in [4.69, 9.17) is 4.42 Å². The molecule has 1 saturated heterocycles. The van der Waals surface area contributed by atoms with Crippen LogP contribution < -0.4 is 15.8 Å². The maximum absolute atomic E-state index is 12.9. The van der Waals surface area contributed by atoms with Gasteiger partial charge in [0.2, 0.25) is 0 Å². The molecule has 0 aliphatic carbocycles. The molecule has 0 saturated carbocycles. The maximum atomic E-state index is 12.9. The van der Waals surface area contributed by atoms with Crippen LogP contribution in [-0.2, 0) is 0 Å². The van der Waals surface area contributed by atoms with Crippen molar-refractivity contribution in [3.05, 3.63) is 79.5 Å². The van der Waals surface area contributed by atoms with Crippen molar-refractivity contribution in [3.63, 3.8) is 0 Å². The van der Waals surface area contributed by atoms with Crippen molar-refractivity contribution in [2.24, 2.45) is 0 Å². The van der Waals surface area contributed by atoms with Crippen LogP contribution >= 0.6 is 31.9 Å². The van der Waals surface area contributed by atoms with Gasteiger partial charge in [-0.05, 0) is 77.7 Å². The minimum atomic E-state index is -0.705. The van der Waals surface area contributed by atoms with Crippen LogP contribution in [0.25, 0.3) is 22.2 Å². The lowest BCUT2D eigenvalue weighted by Crippen LogP contribution is -2.30. The molecule has 1 aliphatic rings. The Kier molecular flexibility index (Phi) is 6.47. The molecule has 0 bridgehead atoms. The van der Waals surface area contributed by atoms with E-state index in [2.05, 4.69) is 52.3 Å². The molecule has 34 heavy (non-hydrogen) atoms. The summed E-state index contributed by atoms with van der Waals surface area (Å²) < 4.78 is 6.81. The highest BCUT2D eigenvalue weighted by atomic mass is 79.9. The number of benzene rings is 2. The molecule has 0 radical (unpaired) electrons. The van der Waals surface area contributed by atoms with Crippen LogP contribution in [0.2, 0.25) is 0 Å². The molecule has 1 aliphatic heterocycles. The Morgan fingerprint density at radius 1 is 0.971 bits per heavy atom. The zero-order valence-electron chi connectivity index (χ0n) is 18.1. The number of nitrogens with zero attached hydrogens (tertiary/aromatic N) is 3. The number of halogens is 2. The summed E-state index contributed by atoms with van der Waals surface area (Å²) in [6.07, 6.45) is 3.61. The molecule has 1 amide bonds. The Bertz CT molecular complexity index is 1430. The summed E-state index contributed by atoms with van der Waals surface area (Å²) in [6.45, 7) is 2.01. The number of piperidine rings is 1. The van der Waals surface area contributed by atoms with E-state index in [0.717, 1.165) is 28.9 Å². The zero-order valence-corrected chi connectivity index (χ0v) is 21.2. The summed E-state index contributed by atoms with van der Waals surface area (Å²) in [5.41, 5.74) is 1.67. The van der Waals surface area contributed by atoms with Gasteiger partial charge in [0.15, 0.2) is 11.4 Å². The van der Waals surface area contributed by atoms with Gasteiger partial charge in [0.1, 0.15) is 5.56 Å². The highest BCUT2D eigenvalue weighted by Crippen LogP contribution is 2.28. The second-order valence-electron chi connectivity index (χ2n) is 8.11. The van der Waals surface area contributed by atoms with Gasteiger partial charge in [0, 0.05) is 34.2 Å². The normalized spacial score (nSPS) is 13.8. The molecular formula is C25H20Br2N4O3. The van der Waals surface area contributed by atoms with Crippen LogP contribution in [0.3, 0.4) is 0 Å². The first-order valence-corrected chi connectivity index (χ1v) is 12.5. The van der Waals surface area contributed by atoms with Gasteiger partial charge in [0.05, 0.1) is 10.2 Å². The summed E-state index contributed by atoms with van der Waals surface area (Å²) in [5, 5.41) is 12.2. The molecule has 5 rings (SSSR count). The van der Waals surface area contributed by atoms with Crippen molar-refractivity contribution in [1.82, 2.24) is 10.2 Å². The number of rotatable bonds is 4. The third-order valence-corrected chi connectivity index (χ3v) is 6.79. The van der Waals surface area contributed by atoms with Gasteiger partial charge in [-0.1, -0.05) is 28.1 Å². The summed E-state index contributed by atoms with van der Waals surface area (Å²) in [4.78, 5) is 27.6. The number of carbonyl (C=O) groups is 1. The fourth-order valence-electron chi connectivity index (χ4n) is 4.04. The molecule has 3 heterocycles. The second kappa shape index (κ2) is 9.68. The molecule has 2 aromatic heterocycles. The topological polar surface area (TPSA) is 88.3 Å². The molecule has 1 N–H and O–H groups in total. The van der Waals surface area contributed by atoms with Crippen molar-refractivity contribution in [3.8, 4) is 11.3 Å². The lowest BCUT2D eigenvalue weighted by Gasteiger charge is -2.27. The summed E-state index contributed by atoms with van der Waals surface area (Å²) in [6, 6.07) is 16.3. The van der Waals surface area contributed by atoms with Crippen molar-refractivity contribution in [1.29, 1.82) is 0 Å². The average molecular weight is 584 g/mol. The first-order chi connectivity index (χ1) is 16.5. The molecule has 9 heteroatoms. The molecule has 1 fully saturated rings. The Balaban J connectivity index is 1.37. The van der Waals surface area contributed by atoms with Crippen molar-refractivity contribution in [2.75, 3.05) is 23.3 Å². The van der Waals surface area contributed by atoms with Crippen LogP contribution in [0.5, 0.6) is 0 Å². The predicted octanol–water partition coefficient (Wildman–Crippen LogP) is 6.02. The molecule has 0 atom stereocenters. The molecule has 172 valence electrons.